The van der Waals surface area contributed by atoms with E-state index in [0.717, 1.165) is 0 Å². The molecule has 0 atom stereocenters. The fourth-order valence-corrected chi connectivity index (χ4v) is 2.32. The van der Waals surface area contributed by atoms with Gasteiger partial charge in [-0.15, -0.1) is 0 Å². The largest absolute Gasteiger partial charge is 0.493 e. The minimum absolute atomic E-state index is 0.349. The summed E-state index contributed by atoms with van der Waals surface area (Å²) in [5, 5.41) is 6.10. The SMILES string of the molecule is CC.COc1cc(NC(=O)Nc2ccc(Cl)c(Cl)c2)cc(OC)c1OC. The number of urea groups is 1. The second kappa shape index (κ2) is 10.6. The Morgan fingerprint density at radius 1 is 0.808 bits per heavy atom. The highest BCUT2D eigenvalue weighted by atomic mass is 35.5. The first kappa shape index (κ1) is 21.7. The van der Waals surface area contributed by atoms with Crippen LogP contribution in [0.15, 0.2) is 30.3 Å². The molecule has 0 aromatic heterocycles. The maximum Gasteiger partial charge on any atom is 0.323 e. The average Bonchev–Trinajstić information content (AvgIpc) is 2.65. The van der Waals surface area contributed by atoms with Crippen molar-refractivity contribution in [3.8, 4) is 17.2 Å². The summed E-state index contributed by atoms with van der Waals surface area (Å²) in [6.45, 7) is 4.00. The molecule has 8 heteroatoms. The molecule has 0 saturated heterocycles. The summed E-state index contributed by atoms with van der Waals surface area (Å²) in [7, 11) is 4.50. The van der Waals surface area contributed by atoms with Gasteiger partial charge < -0.3 is 24.8 Å². The zero-order valence-corrected chi connectivity index (χ0v) is 16.8. The number of amides is 2. The molecule has 2 aromatic rings. The summed E-state index contributed by atoms with van der Waals surface area (Å²) >= 11 is 11.8. The normalized spacial score (nSPS) is 9.50. The Hall–Kier alpha value is -2.31. The number of anilines is 2. The van der Waals surface area contributed by atoms with Crippen molar-refractivity contribution in [3.05, 3.63) is 40.4 Å². The number of benzene rings is 2. The van der Waals surface area contributed by atoms with Crippen LogP contribution in [0, 0.1) is 0 Å². The van der Waals surface area contributed by atoms with Crippen molar-refractivity contribution in [2.75, 3.05) is 32.0 Å². The number of halogens is 2. The Morgan fingerprint density at radius 3 is 1.81 bits per heavy atom. The van der Waals surface area contributed by atoms with Gasteiger partial charge in [0.2, 0.25) is 5.75 Å². The summed E-state index contributed by atoms with van der Waals surface area (Å²) in [5.74, 6) is 1.30. The van der Waals surface area contributed by atoms with E-state index in [9.17, 15) is 4.79 Å². The van der Waals surface area contributed by atoms with Crippen LogP contribution in [0.25, 0.3) is 0 Å². The van der Waals surface area contributed by atoms with Gasteiger partial charge in [0.05, 0.1) is 37.1 Å². The van der Waals surface area contributed by atoms with E-state index in [1.54, 1.807) is 30.3 Å². The number of rotatable bonds is 5. The number of hydrogen-bond donors (Lipinski definition) is 2. The fraction of sp³-hybridized carbons (Fsp3) is 0.278. The van der Waals surface area contributed by atoms with E-state index >= 15 is 0 Å². The lowest BCUT2D eigenvalue weighted by Crippen LogP contribution is -2.19. The topological polar surface area (TPSA) is 68.8 Å². The van der Waals surface area contributed by atoms with Crippen molar-refractivity contribution in [1.82, 2.24) is 0 Å². The van der Waals surface area contributed by atoms with Crippen molar-refractivity contribution in [2.24, 2.45) is 0 Å². The van der Waals surface area contributed by atoms with Crippen LogP contribution < -0.4 is 24.8 Å². The van der Waals surface area contributed by atoms with Crippen LogP contribution in [0.1, 0.15) is 13.8 Å². The molecule has 2 rings (SSSR count). The second-order valence-corrected chi connectivity index (χ2v) is 5.44. The molecule has 142 valence electrons. The summed E-state index contributed by atoms with van der Waals surface area (Å²) in [6.07, 6.45) is 0. The minimum Gasteiger partial charge on any atom is -0.493 e. The van der Waals surface area contributed by atoms with Gasteiger partial charge in [0.1, 0.15) is 0 Å². The molecule has 6 nitrogen and oxygen atoms in total. The standard InChI is InChI=1S/C16H16Cl2N2O4.C2H6/c1-22-13-7-10(8-14(23-2)15(13)24-3)20-16(21)19-9-4-5-11(17)12(18)6-9;1-2/h4-8H,1-3H3,(H2,19,20,21);1-2H3. The number of carbonyl (C=O) groups is 1. The van der Waals surface area contributed by atoms with E-state index in [4.69, 9.17) is 37.4 Å². The summed E-state index contributed by atoms with van der Waals surface area (Å²) in [5.41, 5.74) is 0.983. The Bertz CT molecular complexity index is 729. The summed E-state index contributed by atoms with van der Waals surface area (Å²) in [6, 6.07) is 7.58. The molecule has 2 N–H and O–H groups in total. The Balaban J connectivity index is 0.00000163. The van der Waals surface area contributed by atoms with E-state index in [2.05, 4.69) is 10.6 Å². The molecule has 2 amide bonds. The van der Waals surface area contributed by atoms with Gasteiger partial charge in [-0.05, 0) is 18.2 Å². The van der Waals surface area contributed by atoms with Crippen molar-refractivity contribution in [2.45, 2.75) is 13.8 Å². The number of ether oxygens (including phenoxy) is 3. The number of hydrogen-bond acceptors (Lipinski definition) is 4. The van der Waals surface area contributed by atoms with Gasteiger partial charge in [-0.2, -0.15) is 0 Å². The first-order chi connectivity index (χ1) is 12.5. The highest BCUT2D eigenvalue weighted by Gasteiger charge is 2.14. The Kier molecular flexibility index (Phi) is 8.88. The molecule has 0 aliphatic rings. The lowest BCUT2D eigenvalue weighted by Gasteiger charge is -2.15. The third kappa shape index (κ3) is 5.61. The van der Waals surface area contributed by atoms with Gasteiger partial charge >= 0.3 is 6.03 Å². The van der Waals surface area contributed by atoms with Crippen LogP contribution in [-0.2, 0) is 0 Å². The van der Waals surface area contributed by atoms with Crippen molar-refractivity contribution >= 4 is 40.6 Å². The molecule has 2 aromatic carbocycles. The lowest BCUT2D eigenvalue weighted by molar-refractivity contribution is 0.262. The van der Waals surface area contributed by atoms with E-state index in [-0.39, 0.29) is 0 Å². The molecule has 0 unspecified atom stereocenters. The molecular formula is C18H22Cl2N2O4. The molecule has 0 radical (unpaired) electrons. The lowest BCUT2D eigenvalue weighted by atomic mass is 10.2. The molecule has 0 heterocycles. The monoisotopic (exact) mass is 400 g/mol. The van der Waals surface area contributed by atoms with Gasteiger partial charge in [0.15, 0.2) is 11.5 Å². The predicted molar refractivity (Wildman–Crippen MR) is 107 cm³/mol. The number of carbonyl (C=O) groups excluding carboxylic acids is 1. The van der Waals surface area contributed by atoms with E-state index in [0.29, 0.717) is 38.7 Å². The van der Waals surface area contributed by atoms with Gasteiger partial charge in [0.25, 0.3) is 0 Å². The minimum atomic E-state index is -0.456. The third-order valence-electron chi connectivity index (χ3n) is 3.10. The van der Waals surface area contributed by atoms with E-state index in [1.165, 1.54) is 21.3 Å². The van der Waals surface area contributed by atoms with Crippen molar-refractivity contribution in [3.63, 3.8) is 0 Å². The first-order valence-corrected chi connectivity index (χ1v) is 8.57. The van der Waals surface area contributed by atoms with Crippen LogP contribution in [0.5, 0.6) is 17.2 Å². The van der Waals surface area contributed by atoms with Gasteiger partial charge in [-0.3, -0.25) is 0 Å². The highest BCUT2D eigenvalue weighted by molar-refractivity contribution is 6.42. The molecule has 26 heavy (non-hydrogen) atoms. The molecule has 0 fully saturated rings. The molecule has 0 aliphatic carbocycles. The van der Waals surface area contributed by atoms with Gasteiger partial charge in [0, 0.05) is 17.8 Å². The zero-order valence-electron chi connectivity index (χ0n) is 15.3. The van der Waals surface area contributed by atoms with Crippen LogP contribution in [-0.4, -0.2) is 27.4 Å². The van der Waals surface area contributed by atoms with Crippen molar-refractivity contribution < 1.29 is 19.0 Å². The van der Waals surface area contributed by atoms with E-state index in [1.807, 2.05) is 13.8 Å². The van der Waals surface area contributed by atoms with Gasteiger partial charge in [-0.25, -0.2) is 4.79 Å². The zero-order chi connectivity index (χ0) is 19.7. The van der Waals surface area contributed by atoms with Gasteiger partial charge in [-0.1, -0.05) is 37.0 Å². The first-order valence-electron chi connectivity index (χ1n) is 7.81. The van der Waals surface area contributed by atoms with E-state index < -0.39 is 6.03 Å². The number of methoxy groups -OCH3 is 3. The smallest absolute Gasteiger partial charge is 0.323 e. The fourth-order valence-electron chi connectivity index (χ4n) is 2.02. The molecule has 0 aliphatic heterocycles. The van der Waals surface area contributed by atoms with Crippen LogP contribution in [0.3, 0.4) is 0 Å². The van der Waals surface area contributed by atoms with Crippen LogP contribution >= 0.6 is 23.2 Å². The highest BCUT2D eigenvalue weighted by Crippen LogP contribution is 2.39. The maximum absolute atomic E-state index is 12.1. The molecule has 0 saturated carbocycles. The summed E-state index contributed by atoms with van der Waals surface area (Å²) < 4.78 is 15.7. The quantitative estimate of drug-likeness (QED) is 0.676. The second-order valence-electron chi connectivity index (χ2n) is 4.62. The summed E-state index contributed by atoms with van der Waals surface area (Å²) in [4.78, 5) is 12.1. The molecular weight excluding hydrogens is 379 g/mol. The van der Waals surface area contributed by atoms with Crippen LogP contribution in [0.4, 0.5) is 16.2 Å². The average molecular weight is 401 g/mol. The molecule has 0 bridgehead atoms. The maximum atomic E-state index is 12.1. The molecule has 0 spiro atoms. The Labute approximate surface area is 163 Å². The predicted octanol–water partition coefficient (Wildman–Crippen LogP) is 5.69. The number of nitrogens with one attached hydrogen (secondary N) is 2. The Morgan fingerprint density at radius 2 is 1.35 bits per heavy atom. The van der Waals surface area contributed by atoms with Crippen molar-refractivity contribution in [1.29, 1.82) is 0 Å². The van der Waals surface area contributed by atoms with Crippen LogP contribution in [0.2, 0.25) is 10.0 Å². The third-order valence-corrected chi connectivity index (χ3v) is 3.84.